The fourth-order valence-corrected chi connectivity index (χ4v) is 3.01. The molecule has 1 aromatic heterocycles. The molecule has 4 rings (SSSR count). The van der Waals surface area contributed by atoms with Gasteiger partial charge < -0.3 is 28.8 Å². The van der Waals surface area contributed by atoms with Crippen LogP contribution in [0.3, 0.4) is 0 Å². The van der Waals surface area contributed by atoms with Crippen LogP contribution in [0.1, 0.15) is 11.3 Å². The fraction of sp³-hybridized carbons (Fsp3) is 0.238. The van der Waals surface area contributed by atoms with E-state index < -0.39 is 0 Å². The normalized spacial score (nSPS) is 11.9. The van der Waals surface area contributed by atoms with E-state index in [1.54, 1.807) is 32.4 Å². The van der Waals surface area contributed by atoms with Crippen LogP contribution in [-0.2, 0) is 17.8 Å². The van der Waals surface area contributed by atoms with Crippen molar-refractivity contribution in [3.63, 3.8) is 0 Å². The molecule has 8 heteroatoms. The molecule has 0 fully saturated rings. The zero-order valence-electron chi connectivity index (χ0n) is 16.1. The molecule has 0 saturated heterocycles. The maximum absolute atomic E-state index is 12.3. The first-order valence-electron chi connectivity index (χ1n) is 8.99. The molecular weight excluding hydrogens is 376 g/mol. The number of hydrogen-bond acceptors (Lipinski definition) is 7. The van der Waals surface area contributed by atoms with Gasteiger partial charge in [-0.25, -0.2) is 0 Å². The van der Waals surface area contributed by atoms with E-state index in [9.17, 15) is 4.79 Å². The van der Waals surface area contributed by atoms with Crippen LogP contribution >= 0.6 is 0 Å². The first-order chi connectivity index (χ1) is 14.2. The molecule has 2 heterocycles. The molecule has 0 spiro atoms. The van der Waals surface area contributed by atoms with E-state index in [0.29, 0.717) is 34.5 Å². The van der Waals surface area contributed by atoms with Gasteiger partial charge in [0.25, 0.3) is 0 Å². The van der Waals surface area contributed by atoms with Gasteiger partial charge in [0.05, 0.1) is 27.2 Å². The van der Waals surface area contributed by atoms with Crippen LogP contribution in [0, 0.1) is 0 Å². The third kappa shape index (κ3) is 4.11. The van der Waals surface area contributed by atoms with Gasteiger partial charge in [-0.1, -0.05) is 11.2 Å². The Balaban J connectivity index is 1.35. The first kappa shape index (κ1) is 18.7. The number of amides is 1. The monoisotopic (exact) mass is 396 g/mol. The van der Waals surface area contributed by atoms with Gasteiger partial charge in [0.1, 0.15) is 5.69 Å². The summed E-state index contributed by atoms with van der Waals surface area (Å²) in [5.74, 6) is 3.04. The van der Waals surface area contributed by atoms with Crippen LogP contribution in [0.2, 0.25) is 0 Å². The Bertz CT molecular complexity index is 1030. The van der Waals surface area contributed by atoms with E-state index in [4.69, 9.17) is 23.5 Å². The molecule has 8 nitrogen and oxygen atoms in total. The summed E-state index contributed by atoms with van der Waals surface area (Å²) >= 11 is 0. The lowest BCUT2D eigenvalue weighted by molar-refractivity contribution is -0.120. The molecule has 2 aromatic carbocycles. The third-order valence-corrected chi connectivity index (χ3v) is 4.50. The predicted octanol–water partition coefficient (Wildman–Crippen LogP) is 2.95. The van der Waals surface area contributed by atoms with Crippen molar-refractivity contribution in [2.24, 2.45) is 0 Å². The Hall–Kier alpha value is -3.68. The summed E-state index contributed by atoms with van der Waals surface area (Å²) in [7, 11) is 3.13. The lowest BCUT2D eigenvalue weighted by Crippen LogP contribution is -2.24. The van der Waals surface area contributed by atoms with Gasteiger partial charge in [-0.05, 0) is 35.9 Å². The molecule has 0 atom stereocenters. The number of ether oxygens (including phenoxy) is 4. The Morgan fingerprint density at radius 3 is 2.69 bits per heavy atom. The zero-order valence-corrected chi connectivity index (χ0v) is 16.1. The number of methoxy groups -OCH3 is 2. The Morgan fingerprint density at radius 1 is 1.03 bits per heavy atom. The van der Waals surface area contributed by atoms with Crippen LogP contribution in [-0.4, -0.2) is 32.1 Å². The maximum atomic E-state index is 12.3. The van der Waals surface area contributed by atoms with Crippen molar-refractivity contribution in [2.75, 3.05) is 21.0 Å². The topological polar surface area (TPSA) is 92.1 Å². The van der Waals surface area contributed by atoms with E-state index in [1.807, 2.05) is 24.3 Å². The van der Waals surface area contributed by atoms with Crippen LogP contribution in [0.5, 0.6) is 23.0 Å². The van der Waals surface area contributed by atoms with E-state index in [-0.39, 0.29) is 25.7 Å². The van der Waals surface area contributed by atoms with Crippen LogP contribution in [0.25, 0.3) is 11.3 Å². The number of hydrogen-bond donors (Lipinski definition) is 1. The van der Waals surface area contributed by atoms with Gasteiger partial charge in [-0.3, -0.25) is 4.79 Å². The van der Waals surface area contributed by atoms with Crippen molar-refractivity contribution in [3.8, 4) is 34.3 Å². The van der Waals surface area contributed by atoms with E-state index in [2.05, 4.69) is 10.5 Å². The minimum absolute atomic E-state index is 0.134. The molecule has 29 heavy (non-hydrogen) atoms. The van der Waals surface area contributed by atoms with Crippen molar-refractivity contribution in [2.45, 2.75) is 13.0 Å². The smallest absolute Gasteiger partial charge is 0.231 e. The molecule has 0 radical (unpaired) electrons. The summed E-state index contributed by atoms with van der Waals surface area (Å²) < 4.78 is 26.5. The highest BCUT2D eigenvalue weighted by Gasteiger charge is 2.16. The number of carbonyl (C=O) groups is 1. The maximum Gasteiger partial charge on any atom is 0.231 e. The molecule has 1 amide bonds. The first-order valence-corrected chi connectivity index (χ1v) is 8.99. The van der Waals surface area contributed by atoms with Crippen molar-refractivity contribution < 1.29 is 28.3 Å². The third-order valence-electron chi connectivity index (χ3n) is 4.50. The number of fused-ring (bicyclic) bond motifs is 1. The van der Waals surface area contributed by atoms with Crippen LogP contribution in [0.4, 0.5) is 0 Å². The molecule has 0 saturated carbocycles. The molecular formula is C21H20N2O6. The van der Waals surface area contributed by atoms with Gasteiger partial charge in [0, 0.05) is 11.6 Å². The van der Waals surface area contributed by atoms with E-state index in [0.717, 1.165) is 11.1 Å². The van der Waals surface area contributed by atoms with E-state index in [1.165, 1.54) is 0 Å². The summed E-state index contributed by atoms with van der Waals surface area (Å²) in [6.45, 7) is 0.479. The van der Waals surface area contributed by atoms with Crippen molar-refractivity contribution in [1.29, 1.82) is 0 Å². The van der Waals surface area contributed by atoms with Crippen molar-refractivity contribution >= 4 is 5.91 Å². The lowest BCUT2D eigenvalue weighted by atomic mass is 10.1. The molecule has 0 unspecified atom stereocenters. The molecule has 1 aliphatic heterocycles. The van der Waals surface area contributed by atoms with E-state index >= 15 is 0 Å². The second kappa shape index (κ2) is 8.14. The lowest BCUT2D eigenvalue weighted by Gasteiger charge is -2.09. The average molecular weight is 396 g/mol. The molecule has 1 aliphatic rings. The molecule has 0 bridgehead atoms. The van der Waals surface area contributed by atoms with Gasteiger partial charge >= 0.3 is 0 Å². The van der Waals surface area contributed by atoms with Crippen molar-refractivity contribution in [1.82, 2.24) is 10.5 Å². The van der Waals surface area contributed by atoms with Gasteiger partial charge in [-0.2, -0.15) is 0 Å². The number of aromatic nitrogens is 1. The van der Waals surface area contributed by atoms with Gasteiger partial charge in [-0.15, -0.1) is 0 Å². The fourth-order valence-electron chi connectivity index (χ4n) is 3.01. The minimum atomic E-state index is -0.134. The summed E-state index contributed by atoms with van der Waals surface area (Å²) in [4.78, 5) is 12.3. The van der Waals surface area contributed by atoms with Crippen LogP contribution in [0.15, 0.2) is 47.0 Å². The summed E-state index contributed by atoms with van der Waals surface area (Å²) in [6.07, 6.45) is 0.215. The number of benzene rings is 2. The standard InChI is InChI=1S/C21H20N2O6/c1-25-16-5-3-13(7-19(16)26-2)8-21(24)22-11-15-10-18(29-23-15)14-4-6-17-20(9-14)28-12-27-17/h3-7,9-10H,8,11-12H2,1-2H3,(H,22,24). The highest BCUT2D eigenvalue weighted by atomic mass is 16.7. The minimum Gasteiger partial charge on any atom is -0.493 e. The Morgan fingerprint density at radius 2 is 1.86 bits per heavy atom. The number of nitrogens with one attached hydrogen (secondary N) is 1. The summed E-state index contributed by atoms with van der Waals surface area (Å²) in [5.41, 5.74) is 2.27. The molecule has 3 aromatic rings. The SMILES string of the molecule is COc1ccc(CC(=O)NCc2cc(-c3ccc4c(c3)OCO4)on2)cc1OC. The molecule has 1 N–H and O–H groups in total. The zero-order chi connectivity index (χ0) is 20.2. The van der Waals surface area contributed by atoms with Gasteiger partial charge in [0.15, 0.2) is 28.8 Å². The highest BCUT2D eigenvalue weighted by Crippen LogP contribution is 2.36. The predicted molar refractivity (Wildman–Crippen MR) is 103 cm³/mol. The van der Waals surface area contributed by atoms with Crippen molar-refractivity contribution in [3.05, 3.63) is 53.7 Å². The Labute approximate surface area is 167 Å². The molecule has 150 valence electrons. The summed E-state index contributed by atoms with van der Waals surface area (Å²) in [6, 6.07) is 12.7. The highest BCUT2D eigenvalue weighted by molar-refractivity contribution is 5.78. The number of carbonyl (C=O) groups excluding carboxylic acids is 1. The second-order valence-electron chi connectivity index (χ2n) is 6.39. The average Bonchev–Trinajstić information content (AvgIpc) is 3.41. The number of nitrogens with zero attached hydrogens (tertiary/aromatic N) is 1. The quantitative estimate of drug-likeness (QED) is 0.656. The number of rotatable bonds is 7. The van der Waals surface area contributed by atoms with Crippen LogP contribution < -0.4 is 24.3 Å². The largest absolute Gasteiger partial charge is 0.493 e. The second-order valence-corrected chi connectivity index (χ2v) is 6.39. The van der Waals surface area contributed by atoms with Gasteiger partial charge in [0.2, 0.25) is 12.7 Å². The molecule has 0 aliphatic carbocycles. The Kier molecular flexibility index (Phi) is 5.24. The summed E-state index contributed by atoms with van der Waals surface area (Å²) in [5, 5.41) is 6.86.